The van der Waals surface area contributed by atoms with E-state index in [-0.39, 0.29) is 18.0 Å². The summed E-state index contributed by atoms with van der Waals surface area (Å²) in [6.45, 7) is 4.19. The lowest BCUT2D eigenvalue weighted by Gasteiger charge is -2.34. The van der Waals surface area contributed by atoms with Crippen molar-refractivity contribution < 1.29 is 9.50 Å². The van der Waals surface area contributed by atoms with E-state index in [1.54, 1.807) is 6.07 Å². The number of nitrogens with zero attached hydrogens (tertiary/aromatic N) is 2. The zero-order chi connectivity index (χ0) is 18.8. The number of nitrogens with one attached hydrogen (secondary N) is 2. The summed E-state index contributed by atoms with van der Waals surface area (Å²) < 4.78 is 13.9. The molecule has 3 aromatic rings. The van der Waals surface area contributed by atoms with Gasteiger partial charge in [0.05, 0.1) is 23.7 Å². The molecule has 0 amide bonds. The number of aromatic nitrogens is 2. The molecule has 0 saturated carbocycles. The molecular weight excluding hydrogens is 343 g/mol. The van der Waals surface area contributed by atoms with E-state index in [0.717, 1.165) is 54.0 Å². The van der Waals surface area contributed by atoms with Crippen molar-refractivity contribution in [1.29, 1.82) is 0 Å². The van der Waals surface area contributed by atoms with Crippen molar-refractivity contribution in [2.24, 2.45) is 0 Å². The van der Waals surface area contributed by atoms with Crippen LogP contribution in [0.3, 0.4) is 0 Å². The van der Waals surface area contributed by atoms with Gasteiger partial charge in [0.1, 0.15) is 11.6 Å². The number of aliphatic hydroxyl groups is 1. The standard InChI is InChI=1S/C21H25FN4O/c1-14(23-13-21-24-18-4-2-3-5-19(18)25-21)17-12-15(22)6-7-20(17)26-10-8-16(27)9-11-26/h2-7,12,14,16,23,27H,8-11,13H2,1H3,(H,24,25). The van der Waals surface area contributed by atoms with Crippen molar-refractivity contribution >= 4 is 16.7 Å². The summed E-state index contributed by atoms with van der Waals surface area (Å²) in [6.07, 6.45) is 1.27. The minimum Gasteiger partial charge on any atom is -0.393 e. The molecule has 1 unspecified atom stereocenters. The predicted octanol–water partition coefficient (Wildman–Crippen LogP) is 3.51. The van der Waals surface area contributed by atoms with Crippen LogP contribution >= 0.6 is 0 Å². The Labute approximate surface area is 158 Å². The topological polar surface area (TPSA) is 64.2 Å². The van der Waals surface area contributed by atoms with Crippen LogP contribution in [0.25, 0.3) is 11.0 Å². The highest BCUT2D eigenvalue weighted by molar-refractivity contribution is 5.74. The maximum absolute atomic E-state index is 13.9. The van der Waals surface area contributed by atoms with Crippen LogP contribution in [0, 0.1) is 5.82 Å². The van der Waals surface area contributed by atoms with Gasteiger partial charge in [-0.05, 0) is 55.7 Å². The van der Waals surface area contributed by atoms with Crippen LogP contribution in [0.4, 0.5) is 10.1 Å². The molecule has 0 spiro atoms. The summed E-state index contributed by atoms with van der Waals surface area (Å²) in [6, 6.07) is 12.9. The Bertz CT molecular complexity index is 884. The smallest absolute Gasteiger partial charge is 0.123 e. The number of piperidine rings is 1. The van der Waals surface area contributed by atoms with Crippen LogP contribution in [-0.2, 0) is 6.54 Å². The summed E-state index contributed by atoms with van der Waals surface area (Å²) >= 11 is 0. The van der Waals surface area contributed by atoms with Crippen molar-refractivity contribution in [2.45, 2.75) is 38.5 Å². The zero-order valence-electron chi connectivity index (χ0n) is 15.5. The molecule has 1 aliphatic rings. The third-order valence-electron chi connectivity index (χ3n) is 5.28. The zero-order valence-corrected chi connectivity index (χ0v) is 15.5. The molecule has 142 valence electrons. The first kappa shape index (κ1) is 17.9. The molecule has 0 radical (unpaired) electrons. The lowest BCUT2D eigenvalue weighted by molar-refractivity contribution is 0.145. The van der Waals surface area contributed by atoms with Crippen LogP contribution in [-0.4, -0.2) is 34.3 Å². The molecule has 2 heterocycles. The second-order valence-corrected chi connectivity index (χ2v) is 7.22. The van der Waals surface area contributed by atoms with Crippen molar-refractivity contribution in [3.63, 3.8) is 0 Å². The van der Waals surface area contributed by atoms with Gasteiger partial charge in [-0.2, -0.15) is 0 Å². The van der Waals surface area contributed by atoms with E-state index in [1.807, 2.05) is 37.3 Å². The van der Waals surface area contributed by atoms with Gasteiger partial charge in [0.25, 0.3) is 0 Å². The average molecular weight is 368 g/mol. The van der Waals surface area contributed by atoms with Gasteiger partial charge in [-0.1, -0.05) is 12.1 Å². The van der Waals surface area contributed by atoms with Gasteiger partial charge in [-0.15, -0.1) is 0 Å². The summed E-state index contributed by atoms with van der Waals surface area (Å²) in [4.78, 5) is 10.1. The van der Waals surface area contributed by atoms with Crippen LogP contribution in [0.1, 0.15) is 37.2 Å². The predicted molar refractivity (Wildman–Crippen MR) is 105 cm³/mol. The Balaban J connectivity index is 1.50. The van der Waals surface area contributed by atoms with E-state index in [4.69, 9.17) is 0 Å². The third kappa shape index (κ3) is 3.96. The van der Waals surface area contributed by atoms with E-state index in [0.29, 0.717) is 6.54 Å². The Morgan fingerprint density at radius 2 is 2.04 bits per heavy atom. The number of anilines is 1. The number of aromatic amines is 1. The number of rotatable bonds is 5. The normalized spacial score (nSPS) is 16.8. The molecule has 0 aliphatic carbocycles. The minimum absolute atomic E-state index is 0.0317. The lowest BCUT2D eigenvalue weighted by Crippen LogP contribution is -2.37. The van der Waals surface area contributed by atoms with Crippen LogP contribution in [0.2, 0.25) is 0 Å². The minimum atomic E-state index is -0.233. The van der Waals surface area contributed by atoms with Crippen molar-refractivity contribution in [3.05, 3.63) is 59.7 Å². The lowest BCUT2D eigenvalue weighted by atomic mass is 10.0. The Kier molecular flexibility index (Phi) is 5.09. The van der Waals surface area contributed by atoms with Crippen molar-refractivity contribution in [1.82, 2.24) is 15.3 Å². The first-order valence-corrected chi connectivity index (χ1v) is 9.49. The highest BCUT2D eigenvalue weighted by Crippen LogP contribution is 2.30. The Morgan fingerprint density at radius 1 is 1.26 bits per heavy atom. The van der Waals surface area contributed by atoms with E-state index in [9.17, 15) is 9.50 Å². The fourth-order valence-corrected chi connectivity index (χ4v) is 3.72. The summed E-state index contributed by atoms with van der Waals surface area (Å²) in [5.41, 5.74) is 3.93. The second-order valence-electron chi connectivity index (χ2n) is 7.22. The molecular formula is C21H25FN4O. The molecule has 3 N–H and O–H groups in total. The maximum Gasteiger partial charge on any atom is 0.123 e. The van der Waals surface area contributed by atoms with Gasteiger partial charge in [-0.3, -0.25) is 0 Å². The summed E-state index contributed by atoms with van der Waals surface area (Å²) in [5, 5.41) is 13.2. The number of halogens is 1. The monoisotopic (exact) mass is 368 g/mol. The quantitative estimate of drug-likeness (QED) is 0.645. The SMILES string of the molecule is CC(NCc1nc2ccccc2[nH]1)c1cc(F)ccc1N1CCC(O)CC1. The molecule has 1 aromatic heterocycles. The molecule has 27 heavy (non-hydrogen) atoms. The summed E-state index contributed by atoms with van der Waals surface area (Å²) in [7, 11) is 0. The molecule has 2 aromatic carbocycles. The first-order chi connectivity index (χ1) is 13.1. The maximum atomic E-state index is 13.9. The number of hydrogen-bond donors (Lipinski definition) is 3. The average Bonchev–Trinajstić information content (AvgIpc) is 3.10. The third-order valence-corrected chi connectivity index (χ3v) is 5.28. The number of hydrogen-bond acceptors (Lipinski definition) is 4. The molecule has 1 fully saturated rings. The van der Waals surface area contributed by atoms with Crippen molar-refractivity contribution in [2.75, 3.05) is 18.0 Å². The van der Waals surface area contributed by atoms with Gasteiger partial charge in [0.2, 0.25) is 0 Å². The van der Waals surface area contributed by atoms with Crippen LogP contribution in [0.15, 0.2) is 42.5 Å². The molecule has 5 nitrogen and oxygen atoms in total. The highest BCUT2D eigenvalue weighted by atomic mass is 19.1. The Morgan fingerprint density at radius 3 is 2.81 bits per heavy atom. The first-order valence-electron chi connectivity index (χ1n) is 9.49. The molecule has 1 saturated heterocycles. The van der Waals surface area contributed by atoms with E-state index < -0.39 is 0 Å². The molecule has 4 rings (SSSR count). The van der Waals surface area contributed by atoms with Gasteiger partial charge in [0, 0.05) is 24.8 Å². The van der Waals surface area contributed by atoms with Crippen LogP contribution < -0.4 is 10.2 Å². The van der Waals surface area contributed by atoms with E-state index in [2.05, 4.69) is 20.2 Å². The van der Waals surface area contributed by atoms with Gasteiger partial charge in [0.15, 0.2) is 0 Å². The van der Waals surface area contributed by atoms with Gasteiger partial charge < -0.3 is 20.3 Å². The fourth-order valence-electron chi connectivity index (χ4n) is 3.72. The largest absolute Gasteiger partial charge is 0.393 e. The second kappa shape index (κ2) is 7.66. The molecule has 1 aliphatic heterocycles. The number of para-hydroxylation sites is 2. The Hall–Kier alpha value is -2.44. The number of aliphatic hydroxyl groups excluding tert-OH is 1. The van der Waals surface area contributed by atoms with Crippen LogP contribution in [0.5, 0.6) is 0 Å². The molecule has 0 bridgehead atoms. The summed E-state index contributed by atoms with van der Waals surface area (Å²) in [5.74, 6) is 0.630. The van der Waals surface area contributed by atoms with E-state index in [1.165, 1.54) is 6.07 Å². The number of benzene rings is 2. The molecule has 6 heteroatoms. The number of imidazole rings is 1. The van der Waals surface area contributed by atoms with Gasteiger partial charge in [-0.25, -0.2) is 9.37 Å². The van der Waals surface area contributed by atoms with Gasteiger partial charge >= 0.3 is 0 Å². The van der Waals surface area contributed by atoms with E-state index >= 15 is 0 Å². The van der Waals surface area contributed by atoms with Crippen molar-refractivity contribution in [3.8, 4) is 0 Å². The molecule has 1 atom stereocenters. The highest BCUT2D eigenvalue weighted by Gasteiger charge is 2.21. The number of fused-ring (bicyclic) bond motifs is 1. The number of H-pyrrole nitrogens is 1. The fraction of sp³-hybridized carbons (Fsp3) is 0.381.